The van der Waals surface area contributed by atoms with Crippen LogP contribution in [0.5, 0.6) is 11.5 Å². The van der Waals surface area contributed by atoms with E-state index in [-0.39, 0.29) is 24.4 Å². The average Bonchev–Trinajstić information content (AvgIpc) is 3.07. The van der Waals surface area contributed by atoms with Gasteiger partial charge in [0.15, 0.2) is 11.5 Å². The molecular formula is C20H20ClN3O4. The molecule has 2 heterocycles. The summed E-state index contributed by atoms with van der Waals surface area (Å²) in [5.41, 5.74) is 1.68. The number of hydrogen-bond acceptors (Lipinski definition) is 4. The molecular weight excluding hydrogens is 382 g/mol. The van der Waals surface area contributed by atoms with E-state index in [0.717, 1.165) is 11.3 Å². The SMILES string of the molecule is O=C(NCc1ccc(Cl)cc1)NC1CC(=O)N(c2ccc3c(c2)OCCO3)C1. The Morgan fingerprint density at radius 2 is 1.86 bits per heavy atom. The second-order valence-electron chi connectivity index (χ2n) is 6.69. The van der Waals surface area contributed by atoms with Crippen LogP contribution in [0.2, 0.25) is 5.02 Å². The van der Waals surface area contributed by atoms with Crippen molar-refractivity contribution in [2.24, 2.45) is 0 Å². The quantitative estimate of drug-likeness (QED) is 0.825. The molecule has 4 rings (SSSR count). The highest BCUT2D eigenvalue weighted by atomic mass is 35.5. The van der Waals surface area contributed by atoms with Gasteiger partial charge in [0.2, 0.25) is 5.91 Å². The van der Waals surface area contributed by atoms with E-state index in [1.165, 1.54) is 0 Å². The predicted molar refractivity (Wildman–Crippen MR) is 105 cm³/mol. The smallest absolute Gasteiger partial charge is 0.315 e. The van der Waals surface area contributed by atoms with Crippen LogP contribution in [0, 0.1) is 0 Å². The Balaban J connectivity index is 1.33. The molecule has 146 valence electrons. The maximum atomic E-state index is 12.4. The van der Waals surface area contributed by atoms with Crippen LogP contribution < -0.4 is 25.0 Å². The van der Waals surface area contributed by atoms with Gasteiger partial charge in [-0.3, -0.25) is 4.79 Å². The lowest BCUT2D eigenvalue weighted by Gasteiger charge is -2.22. The van der Waals surface area contributed by atoms with E-state index in [4.69, 9.17) is 21.1 Å². The van der Waals surface area contributed by atoms with Gasteiger partial charge in [0, 0.05) is 36.3 Å². The molecule has 8 heteroatoms. The van der Waals surface area contributed by atoms with Crippen LogP contribution in [0.1, 0.15) is 12.0 Å². The van der Waals surface area contributed by atoms with Crippen molar-refractivity contribution in [3.8, 4) is 11.5 Å². The Morgan fingerprint density at radius 1 is 1.11 bits per heavy atom. The number of urea groups is 1. The molecule has 1 fully saturated rings. The number of benzene rings is 2. The summed E-state index contributed by atoms with van der Waals surface area (Å²) in [5, 5.41) is 6.30. The second kappa shape index (κ2) is 7.98. The van der Waals surface area contributed by atoms with Crippen molar-refractivity contribution in [2.45, 2.75) is 19.0 Å². The molecule has 7 nitrogen and oxygen atoms in total. The molecule has 2 N–H and O–H groups in total. The zero-order valence-electron chi connectivity index (χ0n) is 15.1. The van der Waals surface area contributed by atoms with Crippen molar-refractivity contribution < 1.29 is 19.1 Å². The van der Waals surface area contributed by atoms with Gasteiger partial charge < -0.3 is 25.0 Å². The molecule has 2 aliphatic heterocycles. The molecule has 2 aliphatic rings. The highest BCUT2D eigenvalue weighted by Gasteiger charge is 2.32. The fraction of sp³-hybridized carbons (Fsp3) is 0.300. The normalized spacial score (nSPS) is 18.1. The predicted octanol–water partition coefficient (Wildman–Crippen LogP) is 2.72. The molecule has 28 heavy (non-hydrogen) atoms. The second-order valence-corrected chi connectivity index (χ2v) is 7.12. The number of rotatable bonds is 4. The molecule has 1 unspecified atom stereocenters. The number of halogens is 1. The molecule has 0 aromatic heterocycles. The van der Waals surface area contributed by atoms with Crippen LogP contribution in [0.4, 0.5) is 10.5 Å². The first kappa shape index (κ1) is 18.4. The van der Waals surface area contributed by atoms with Crippen LogP contribution in [-0.2, 0) is 11.3 Å². The van der Waals surface area contributed by atoms with Gasteiger partial charge >= 0.3 is 6.03 Å². The summed E-state index contributed by atoms with van der Waals surface area (Å²) < 4.78 is 11.1. The average molecular weight is 402 g/mol. The Hall–Kier alpha value is -2.93. The number of nitrogens with one attached hydrogen (secondary N) is 2. The van der Waals surface area contributed by atoms with E-state index in [1.807, 2.05) is 18.2 Å². The summed E-state index contributed by atoms with van der Waals surface area (Å²) in [5.74, 6) is 1.27. The molecule has 3 amide bonds. The third-order valence-electron chi connectivity index (χ3n) is 4.66. The van der Waals surface area contributed by atoms with E-state index >= 15 is 0 Å². The molecule has 1 atom stereocenters. The van der Waals surface area contributed by atoms with E-state index in [0.29, 0.717) is 42.8 Å². The number of nitrogens with zero attached hydrogens (tertiary/aromatic N) is 1. The Bertz CT molecular complexity index is 888. The van der Waals surface area contributed by atoms with Gasteiger partial charge in [0.25, 0.3) is 0 Å². The maximum absolute atomic E-state index is 12.4. The topological polar surface area (TPSA) is 79.9 Å². The third-order valence-corrected chi connectivity index (χ3v) is 4.92. The molecule has 0 aliphatic carbocycles. The number of ether oxygens (including phenoxy) is 2. The van der Waals surface area contributed by atoms with Gasteiger partial charge in [-0.2, -0.15) is 0 Å². The van der Waals surface area contributed by atoms with Crippen molar-refractivity contribution in [3.05, 3.63) is 53.1 Å². The van der Waals surface area contributed by atoms with Crippen LogP contribution in [0.15, 0.2) is 42.5 Å². The van der Waals surface area contributed by atoms with E-state index in [1.54, 1.807) is 29.2 Å². The summed E-state index contributed by atoms with van der Waals surface area (Å²) >= 11 is 5.85. The molecule has 1 saturated heterocycles. The van der Waals surface area contributed by atoms with Crippen molar-refractivity contribution in [1.82, 2.24) is 10.6 Å². The Morgan fingerprint density at radius 3 is 2.64 bits per heavy atom. The summed E-state index contributed by atoms with van der Waals surface area (Å²) in [6.45, 7) is 1.80. The minimum Gasteiger partial charge on any atom is -0.486 e. The lowest BCUT2D eigenvalue weighted by molar-refractivity contribution is -0.117. The number of hydrogen-bond donors (Lipinski definition) is 2. The van der Waals surface area contributed by atoms with Crippen LogP contribution in [-0.4, -0.2) is 37.7 Å². The molecule has 2 aromatic carbocycles. The standard InChI is InChI=1S/C20H20ClN3O4/c21-14-3-1-13(2-4-14)11-22-20(26)23-15-9-19(25)24(12-15)16-5-6-17-18(10-16)28-8-7-27-17/h1-6,10,15H,7-9,11-12H2,(H2,22,23,26). The van der Waals surface area contributed by atoms with Gasteiger partial charge in [-0.25, -0.2) is 4.79 Å². The van der Waals surface area contributed by atoms with Crippen molar-refractivity contribution in [1.29, 1.82) is 0 Å². The largest absolute Gasteiger partial charge is 0.486 e. The van der Waals surface area contributed by atoms with Gasteiger partial charge in [0.05, 0.1) is 6.04 Å². The van der Waals surface area contributed by atoms with E-state index in [9.17, 15) is 9.59 Å². The van der Waals surface area contributed by atoms with Crippen molar-refractivity contribution in [3.63, 3.8) is 0 Å². The fourth-order valence-corrected chi connectivity index (χ4v) is 3.40. The zero-order chi connectivity index (χ0) is 19.5. The first-order valence-corrected chi connectivity index (χ1v) is 9.45. The fourth-order valence-electron chi connectivity index (χ4n) is 3.27. The first-order chi connectivity index (χ1) is 13.6. The monoisotopic (exact) mass is 401 g/mol. The number of carbonyl (C=O) groups excluding carboxylic acids is 2. The minimum absolute atomic E-state index is 0.0420. The molecule has 0 saturated carbocycles. The van der Waals surface area contributed by atoms with Crippen molar-refractivity contribution >= 4 is 29.2 Å². The Labute approximate surface area is 167 Å². The zero-order valence-corrected chi connectivity index (χ0v) is 15.9. The summed E-state index contributed by atoms with van der Waals surface area (Å²) in [7, 11) is 0. The third kappa shape index (κ3) is 4.14. The van der Waals surface area contributed by atoms with Gasteiger partial charge in [0.1, 0.15) is 13.2 Å². The van der Waals surface area contributed by atoms with Gasteiger partial charge in [-0.05, 0) is 29.8 Å². The number of amides is 3. The lowest BCUT2D eigenvalue weighted by Crippen LogP contribution is -2.43. The number of fused-ring (bicyclic) bond motifs is 1. The molecule has 0 bridgehead atoms. The molecule has 2 aromatic rings. The lowest BCUT2D eigenvalue weighted by atomic mass is 10.2. The van der Waals surface area contributed by atoms with Crippen LogP contribution in [0.3, 0.4) is 0 Å². The summed E-state index contributed by atoms with van der Waals surface area (Å²) in [6, 6.07) is 12.1. The maximum Gasteiger partial charge on any atom is 0.315 e. The molecule has 0 radical (unpaired) electrons. The summed E-state index contributed by atoms with van der Waals surface area (Å²) in [6.07, 6.45) is 0.253. The van der Waals surface area contributed by atoms with Gasteiger partial charge in [-0.15, -0.1) is 0 Å². The number of anilines is 1. The highest BCUT2D eigenvalue weighted by Crippen LogP contribution is 2.35. The van der Waals surface area contributed by atoms with E-state index < -0.39 is 0 Å². The minimum atomic E-state index is -0.309. The number of carbonyl (C=O) groups is 2. The Kier molecular flexibility index (Phi) is 5.25. The van der Waals surface area contributed by atoms with Crippen LogP contribution in [0.25, 0.3) is 0 Å². The van der Waals surface area contributed by atoms with Crippen molar-refractivity contribution in [2.75, 3.05) is 24.7 Å². The molecule has 0 spiro atoms. The summed E-state index contributed by atoms with van der Waals surface area (Å²) in [4.78, 5) is 26.2. The highest BCUT2D eigenvalue weighted by molar-refractivity contribution is 6.30. The first-order valence-electron chi connectivity index (χ1n) is 9.07. The van der Waals surface area contributed by atoms with E-state index in [2.05, 4.69) is 10.6 Å². The van der Waals surface area contributed by atoms with Gasteiger partial charge in [-0.1, -0.05) is 23.7 Å². The van der Waals surface area contributed by atoms with Crippen LogP contribution >= 0.6 is 11.6 Å².